The number of nitrogens with zero attached hydrogens (tertiary/aromatic N) is 1. The highest BCUT2D eigenvalue weighted by Crippen LogP contribution is 2.10. The minimum Gasteiger partial charge on any atom is -0.352 e. The summed E-state index contributed by atoms with van der Waals surface area (Å²) >= 11 is 1.68. The summed E-state index contributed by atoms with van der Waals surface area (Å²) in [6.45, 7) is 4.64. The van der Waals surface area contributed by atoms with E-state index in [0.29, 0.717) is 6.54 Å². The second-order valence-corrected chi connectivity index (χ2v) is 5.50. The molecule has 0 saturated carbocycles. The molecule has 0 aliphatic rings. The lowest BCUT2D eigenvalue weighted by Gasteiger charge is -2.06. The fourth-order valence-electron chi connectivity index (χ4n) is 1.88. The predicted octanol–water partition coefficient (Wildman–Crippen LogP) is 3.12. The number of carbonyl (C=O) groups excluding carboxylic acids is 1. The van der Waals surface area contributed by atoms with Crippen molar-refractivity contribution in [2.45, 2.75) is 26.7 Å². The molecule has 1 N–H and O–H groups in total. The molecule has 1 amide bonds. The first-order valence-corrected chi connectivity index (χ1v) is 7.29. The molecule has 0 fully saturated rings. The SMILES string of the molecule is Cc1csc(CCCNC(=O)c2ccccc2C)n1. The zero-order valence-electron chi connectivity index (χ0n) is 11.3. The van der Waals surface area contributed by atoms with Crippen LogP contribution >= 0.6 is 11.3 Å². The van der Waals surface area contributed by atoms with E-state index in [2.05, 4.69) is 15.7 Å². The van der Waals surface area contributed by atoms with Gasteiger partial charge in [-0.25, -0.2) is 4.98 Å². The lowest BCUT2D eigenvalue weighted by Crippen LogP contribution is -2.25. The quantitative estimate of drug-likeness (QED) is 0.851. The normalized spacial score (nSPS) is 10.4. The van der Waals surface area contributed by atoms with Gasteiger partial charge in [-0.2, -0.15) is 0 Å². The number of rotatable bonds is 5. The topological polar surface area (TPSA) is 42.0 Å². The Labute approximate surface area is 117 Å². The van der Waals surface area contributed by atoms with Gasteiger partial charge in [0.2, 0.25) is 0 Å². The first-order chi connectivity index (χ1) is 9.16. The number of aryl methyl sites for hydroxylation is 3. The van der Waals surface area contributed by atoms with Crippen molar-refractivity contribution in [2.75, 3.05) is 6.54 Å². The van der Waals surface area contributed by atoms with Gasteiger partial charge in [0.25, 0.3) is 5.91 Å². The van der Waals surface area contributed by atoms with Crippen LogP contribution in [0.5, 0.6) is 0 Å². The van der Waals surface area contributed by atoms with Crippen molar-refractivity contribution < 1.29 is 4.79 Å². The van der Waals surface area contributed by atoms with Gasteiger partial charge in [-0.1, -0.05) is 18.2 Å². The predicted molar refractivity (Wildman–Crippen MR) is 78.7 cm³/mol. The van der Waals surface area contributed by atoms with Crippen LogP contribution in [0.4, 0.5) is 0 Å². The first-order valence-electron chi connectivity index (χ1n) is 6.41. The Balaban J connectivity index is 1.77. The highest BCUT2D eigenvalue weighted by atomic mass is 32.1. The Morgan fingerprint density at radius 1 is 1.32 bits per heavy atom. The van der Waals surface area contributed by atoms with Crippen LogP contribution in [-0.2, 0) is 6.42 Å². The zero-order chi connectivity index (χ0) is 13.7. The van der Waals surface area contributed by atoms with Crippen LogP contribution in [0.1, 0.15) is 33.0 Å². The maximum atomic E-state index is 12.0. The van der Waals surface area contributed by atoms with Crippen molar-refractivity contribution in [2.24, 2.45) is 0 Å². The summed E-state index contributed by atoms with van der Waals surface area (Å²) in [6.07, 6.45) is 1.84. The molecule has 0 spiro atoms. The van der Waals surface area contributed by atoms with Crippen molar-refractivity contribution in [3.8, 4) is 0 Å². The third-order valence-electron chi connectivity index (χ3n) is 2.91. The molecule has 0 radical (unpaired) electrons. The van der Waals surface area contributed by atoms with Gasteiger partial charge in [-0.15, -0.1) is 11.3 Å². The van der Waals surface area contributed by atoms with Crippen LogP contribution in [-0.4, -0.2) is 17.4 Å². The highest BCUT2D eigenvalue weighted by molar-refractivity contribution is 7.09. The summed E-state index contributed by atoms with van der Waals surface area (Å²) < 4.78 is 0. The van der Waals surface area contributed by atoms with E-state index >= 15 is 0 Å². The molecule has 100 valence electrons. The van der Waals surface area contributed by atoms with Crippen LogP contribution in [0.2, 0.25) is 0 Å². The largest absolute Gasteiger partial charge is 0.352 e. The van der Waals surface area contributed by atoms with E-state index in [4.69, 9.17) is 0 Å². The molecule has 0 aliphatic carbocycles. The average Bonchev–Trinajstić information content (AvgIpc) is 2.81. The van der Waals surface area contributed by atoms with E-state index in [9.17, 15) is 4.79 Å². The van der Waals surface area contributed by atoms with Gasteiger partial charge in [-0.05, 0) is 31.9 Å². The van der Waals surface area contributed by atoms with Crippen LogP contribution in [0.25, 0.3) is 0 Å². The molecule has 0 atom stereocenters. The maximum Gasteiger partial charge on any atom is 0.251 e. The molecule has 2 rings (SSSR count). The minimum absolute atomic E-state index is 0.00780. The number of aromatic nitrogens is 1. The third-order valence-corrected chi connectivity index (χ3v) is 3.94. The fourth-order valence-corrected chi connectivity index (χ4v) is 2.70. The van der Waals surface area contributed by atoms with Crippen LogP contribution in [0.15, 0.2) is 29.6 Å². The van der Waals surface area contributed by atoms with Crippen LogP contribution < -0.4 is 5.32 Å². The molecular formula is C15H18N2OS. The number of nitrogens with one attached hydrogen (secondary N) is 1. The minimum atomic E-state index is 0.00780. The summed E-state index contributed by atoms with van der Waals surface area (Å²) in [4.78, 5) is 16.4. The number of hydrogen-bond acceptors (Lipinski definition) is 3. The molecule has 1 aromatic carbocycles. The molecule has 1 heterocycles. The summed E-state index contributed by atoms with van der Waals surface area (Å²) in [6, 6.07) is 7.64. The lowest BCUT2D eigenvalue weighted by atomic mass is 10.1. The summed E-state index contributed by atoms with van der Waals surface area (Å²) in [5, 5.41) is 6.15. The first kappa shape index (κ1) is 13.7. The van der Waals surface area contributed by atoms with Crippen molar-refractivity contribution >= 4 is 17.2 Å². The fraction of sp³-hybridized carbons (Fsp3) is 0.333. The van der Waals surface area contributed by atoms with Gasteiger partial charge in [0.15, 0.2) is 0 Å². The third kappa shape index (κ3) is 3.89. The van der Waals surface area contributed by atoms with E-state index in [0.717, 1.165) is 34.7 Å². The number of benzene rings is 1. The van der Waals surface area contributed by atoms with Crippen molar-refractivity contribution in [1.29, 1.82) is 0 Å². The van der Waals surface area contributed by atoms with Crippen molar-refractivity contribution in [3.05, 3.63) is 51.5 Å². The smallest absolute Gasteiger partial charge is 0.251 e. The van der Waals surface area contributed by atoms with Crippen LogP contribution in [0, 0.1) is 13.8 Å². The standard InChI is InChI=1S/C15H18N2OS/c1-11-6-3-4-7-13(11)15(18)16-9-5-8-14-17-12(2)10-19-14/h3-4,6-7,10H,5,8-9H2,1-2H3,(H,16,18). The van der Waals surface area contributed by atoms with E-state index in [1.165, 1.54) is 0 Å². The molecule has 1 aromatic heterocycles. The Morgan fingerprint density at radius 3 is 2.79 bits per heavy atom. The van der Waals surface area contributed by atoms with Gasteiger partial charge in [-0.3, -0.25) is 4.79 Å². The zero-order valence-corrected chi connectivity index (χ0v) is 12.1. The second-order valence-electron chi connectivity index (χ2n) is 4.56. The van der Waals surface area contributed by atoms with Gasteiger partial charge >= 0.3 is 0 Å². The number of amides is 1. The molecule has 3 nitrogen and oxygen atoms in total. The molecule has 4 heteroatoms. The Hall–Kier alpha value is -1.68. The molecule has 19 heavy (non-hydrogen) atoms. The molecule has 0 aliphatic heterocycles. The molecule has 0 saturated heterocycles. The average molecular weight is 274 g/mol. The number of thiazole rings is 1. The molecule has 2 aromatic rings. The van der Waals surface area contributed by atoms with E-state index in [1.54, 1.807) is 11.3 Å². The van der Waals surface area contributed by atoms with E-state index < -0.39 is 0 Å². The summed E-state index contributed by atoms with van der Waals surface area (Å²) in [7, 11) is 0. The van der Waals surface area contributed by atoms with Crippen LogP contribution in [0.3, 0.4) is 0 Å². The van der Waals surface area contributed by atoms with Gasteiger partial charge in [0, 0.05) is 29.6 Å². The molecule has 0 unspecified atom stereocenters. The van der Waals surface area contributed by atoms with Crippen molar-refractivity contribution in [1.82, 2.24) is 10.3 Å². The van der Waals surface area contributed by atoms with E-state index in [-0.39, 0.29) is 5.91 Å². The van der Waals surface area contributed by atoms with Gasteiger partial charge < -0.3 is 5.32 Å². The van der Waals surface area contributed by atoms with Gasteiger partial charge in [0.05, 0.1) is 5.01 Å². The summed E-state index contributed by atoms with van der Waals surface area (Å²) in [5.74, 6) is 0.00780. The van der Waals surface area contributed by atoms with E-state index in [1.807, 2.05) is 38.1 Å². The Bertz CT molecular complexity index is 563. The van der Waals surface area contributed by atoms with Crippen molar-refractivity contribution in [3.63, 3.8) is 0 Å². The number of carbonyl (C=O) groups is 1. The molecular weight excluding hydrogens is 256 g/mol. The highest BCUT2D eigenvalue weighted by Gasteiger charge is 2.07. The maximum absolute atomic E-state index is 12.0. The Kier molecular flexibility index (Phi) is 4.68. The second kappa shape index (κ2) is 6.48. The lowest BCUT2D eigenvalue weighted by molar-refractivity contribution is 0.0952. The monoisotopic (exact) mass is 274 g/mol. The number of hydrogen-bond donors (Lipinski definition) is 1. The summed E-state index contributed by atoms with van der Waals surface area (Å²) in [5.41, 5.74) is 2.84. The molecule has 0 bridgehead atoms. The van der Waals surface area contributed by atoms with Gasteiger partial charge in [0.1, 0.15) is 0 Å². The Morgan fingerprint density at radius 2 is 2.11 bits per heavy atom.